The number of hydrogen-bond donors (Lipinski definition) is 0. The highest BCUT2D eigenvalue weighted by atomic mass is 79.9. The van der Waals surface area contributed by atoms with Gasteiger partial charge in [-0.1, -0.05) is 42.3 Å². The Kier molecular flexibility index (Phi) is 4.16. The molecule has 0 bridgehead atoms. The summed E-state index contributed by atoms with van der Waals surface area (Å²) in [6, 6.07) is 8.16. The Balaban J connectivity index is 2.92. The molecule has 0 radical (unpaired) electrons. The van der Waals surface area contributed by atoms with Crippen molar-refractivity contribution in [3.05, 3.63) is 33.8 Å². The van der Waals surface area contributed by atoms with Gasteiger partial charge in [-0.2, -0.15) is 5.26 Å². The fourth-order valence-electron chi connectivity index (χ4n) is 1.35. The standard InChI is InChI=1S/C12H14BrN/c1-3-9(2)6-10-4-5-12(13)7-11(10)8-14/h4-5,7,9H,3,6H2,1-2H3. The Morgan fingerprint density at radius 2 is 2.21 bits per heavy atom. The first-order valence-corrected chi connectivity index (χ1v) is 5.65. The lowest BCUT2D eigenvalue weighted by atomic mass is 9.96. The van der Waals surface area contributed by atoms with Crippen LogP contribution >= 0.6 is 15.9 Å². The third kappa shape index (κ3) is 2.85. The van der Waals surface area contributed by atoms with Crippen LogP contribution in [0.2, 0.25) is 0 Å². The molecule has 1 aromatic rings. The van der Waals surface area contributed by atoms with Gasteiger partial charge in [-0.05, 0) is 30.0 Å². The number of hydrogen-bond acceptors (Lipinski definition) is 1. The first kappa shape index (κ1) is 11.3. The molecule has 0 aliphatic rings. The van der Waals surface area contributed by atoms with Gasteiger partial charge in [-0.15, -0.1) is 0 Å². The lowest BCUT2D eigenvalue weighted by Gasteiger charge is -2.09. The van der Waals surface area contributed by atoms with Crippen LogP contribution in [0, 0.1) is 17.2 Å². The highest BCUT2D eigenvalue weighted by molar-refractivity contribution is 9.10. The lowest BCUT2D eigenvalue weighted by molar-refractivity contribution is 0.559. The van der Waals surface area contributed by atoms with E-state index in [0.717, 1.165) is 28.4 Å². The largest absolute Gasteiger partial charge is 0.192 e. The van der Waals surface area contributed by atoms with Crippen molar-refractivity contribution in [3.8, 4) is 6.07 Å². The van der Waals surface area contributed by atoms with E-state index < -0.39 is 0 Å². The first-order chi connectivity index (χ1) is 6.67. The van der Waals surface area contributed by atoms with Crippen LogP contribution in [0.1, 0.15) is 31.4 Å². The van der Waals surface area contributed by atoms with E-state index in [2.05, 4.69) is 35.8 Å². The highest BCUT2D eigenvalue weighted by Crippen LogP contribution is 2.19. The molecule has 0 saturated heterocycles. The van der Waals surface area contributed by atoms with Crippen LogP contribution in [0.3, 0.4) is 0 Å². The quantitative estimate of drug-likeness (QED) is 0.800. The van der Waals surface area contributed by atoms with E-state index >= 15 is 0 Å². The van der Waals surface area contributed by atoms with Gasteiger partial charge in [0.15, 0.2) is 0 Å². The van der Waals surface area contributed by atoms with Crippen LogP contribution in [0.4, 0.5) is 0 Å². The summed E-state index contributed by atoms with van der Waals surface area (Å²) < 4.78 is 0.974. The van der Waals surface area contributed by atoms with Gasteiger partial charge in [0.1, 0.15) is 0 Å². The molecule has 1 atom stereocenters. The van der Waals surface area contributed by atoms with E-state index in [0.29, 0.717) is 5.92 Å². The molecule has 1 unspecified atom stereocenters. The second-order valence-electron chi connectivity index (χ2n) is 3.63. The van der Waals surface area contributed by atoms with Crippen LogP contribution < -0.4 is 0 Å². The van der Waals surface area contributed by atoms with E-state index in [-0.39, 0.29) is 0 Å². The zero-order valence-electron chi connectivity index (χ0n) is 8.55. The summed E-state index contributed by atoms with van der Waals surface area (Å²) in [5.41, 5.74) is 1.95. The molecular formula is C12H14BrN. The van der Waals surface area contributed by atoms with Crippen molar-refractivity contribution in [2.24, 2.45) is 5.92 Å². The Hall–Kier alpha value is -0.810. The number of halogens is 1. The number of nitriles is 1. The zero-order valence-corrected chi connectivity index (χ0v) is 10.1. The van der Waals surface area contributed by atoms with Gasteiger partial charge in [0.05, 0.1) is 11.6 Å². The Morgan fingerprint density at radius 1 is 1.50 bits per heavy atom. The minimum absolute atomic E-state index is 0.642. The van der Waals surface area contributed by atoms with E-state index in [9.17, 15) is 0 Å². The summed E-state index contributed by atoms with van der Waals surface area (Å²) in [6.07, 6.45) is 2.15. The summed E-state index contributed by atoms with van der Waals surface area (Å²) in [6.45, 7) is 4.39. The maximum Gasteiger partial charge on any atom is 0.0994 e. The van der Waals surface area contributed by atoms with Gasteiger partial charge in [0, 0.05) is 4.47 Å². The molecule has 2 heteroatoms. The summed E-state index contributed by atoms with van der Waals surface area (Å²) in [7, 11) is 0. The average molecular weight is 252 g/mol. The molecule has 0 heterocycles. The monoisotopic (exact) mass is 251 g/mol. The van der Waals surface area contributed by atoms with Gasteiger partial charge < -0.3 is 0 Å². The van der Waals surface area contributed by atoms with E-state index in [1.165, 1.54) is 0 Å². The predicted octanol–water partition coefficient (Wildman–Crippen LogP) is 3.91. The molecule has 0 aliphatic heterocycles. The molecule has 1 aromatic carbocycles. The third-order valence-electron chi connectivity index (χ3n) is 2.46. The SMILES string of the molecule is CCC(C)Cc1ccc(Br)cc1C#N. The summed E-state index contributed by atoms with van der Waals surface area (Å²) in [5.74, 6) is 0.642. The van der Waals surface area contributed by atoms with Crippen molar-refractivity contribution in [2.75, 3.05) is 0 Å². The molecule has 1 rings (SSSR count). The Bertz CT molecular complexity index is 352. The average Bonchev–Trinajstić information content (AvgIpc) is 2.20. The molecule has 0 fully saturated rings. The molecular weight excluding hydrogens is 238 g/mol. The van der Waals surface area contributed by atoms with Crippen LogP contribution in [-0.2, 0) is 6.42 Å². The highest BCUT2D eigenvalue weighted by Gasteiger charge is 2.06. The van der Waals surface area contributed by atoms with Crippen molar-refractivity contribution in [1.82, 2.24) is 0 Å². The van der Waals surface area contributed by atoms with Crippen molar-refractivity contribution < 1.29 is 0 Å². The number of nitrogens with zero attached hydrogens (tertiary/aromatic N) is 1. The predicted molar refractivity (Wildman–Crippen MR) is 62.0 cm³/mol. The summed E-state index contributed by atoms with van der Waals surface area (Å²) >= 11 is 3.37. The van der Waals surface area contributed by atoms with Crippen molar-refractivity contribution in [3.63, 3.8) is 0 Å². The van der Waals surface area contributed by atoms with Crippen molar-refractivity contribution >= 4 is 15.9 Å². The van der Waals surface area contributed by atoms with Gasteiger partial charge in [-0.25, -0.2) is 0 Å². The smallest absolute Gasteiger partial charge is 0.0994 e. The van der Waals surface area contributed by atoms with Crippen molar-refractivity contribution in [1.29, 1.82) is 5.26 Å². The molecule has 74 valence electrons. The molecule has 0 spiro atoms. The van der Waals surface area contributed by atoms with Gasteiger partial charge in [-0.3, -0.25) is 0 Å². The summed E-state index contributed by atoms with van der Waals surface area (Å²) in [4.78, 5) is 0. The van der Waals surface area contributed by atoms with Crippen LogP contribution in [0.15, 0.2) is 22.7 Å². The van der Waals surface area contributed by atoms with Crippen LogP contribution in [0.25, 0.3) is 0 Å². The van der Waals surface area contributed by atoms with Gasteiger partial charge in [0.2, 0.25) is 0 Å². The second kappa shape index (κ2) is 5.17. The maximum atomic E-state index is 8.96. The molecule has 14 heavy (non-hydrogen) atoms. The van der Waals surface area contributed by atoms with E-state index in [4.69, 9.17) is 5.26 Å². The topological polar surface area (TPSA) is 23.8 Å². The van der Waals surface area contributed by atoms with Crippen LogP contribution in [-0.4, -0.2) is 0 Å². The second-order valence-corrected chi connectivity index (χ2v) is 4.55. The fraction of sp³-hybridized carbons (Fsp3) is 0.417. The van der Waals surface area contributed by atoms with Gasteiger partial charge >= 0.3 is 0 Å². The Morgan fingerprint density at radius 3 is 2.79 bits per heavy atom. The maximum absolute atomic E-state index is 8.96. The first-order valence-electron chi connectivity index (χ1n) is 4.86. The zero-order chi connectivity index (χ0) is 10.6. The van der Waals surface area contributed by atoms with Crippen LogP contribution in [0.5, 0.6) is 0 Å². The minimum atomic E-state index is 0.642. The van der Waals surface area contributed by atoms with Crippen molar-refractivity contribution in [2.45, 2.75) is 26.7 Å². The fourth-order valence-corrected chi connectivity index (χ4v) is 1.71. The molecule has 0 amide bonds. The van der Waals surface area contributed by atoms with E-state index in [1.54, 1.807) is 0 Å². The molecule has 0 aromatic heterocycles. The summed E-state index contributed by atoms with van der Waals surface area (Å²) in [5, 5.41) is 8.96. The normalized spacial score (nSPS) is 12.1. The minimum Gasteiger partial charge on any atom is -0.192 e. The third-order valence-corrected chi connectivity index (χ3v) is 2.95. The molecule has 1 nitrogen and oxygen atoms in total. The number of rotatable bonds is 3. The molecule has 0 aliphatic carbocycles. The van der Waals surface area contributed by atoms with E-state index in [1.807, 2.05) is 18.2 Å². The number of benzene rings is 1. The molecule has 0 N–H and O–H groups in total. The lowest BCUT2D eigenvalue weighted by Crippen LogP contribution is -2.00. The van der Waals surface area contributed by atoms with Gasteiger partial charge in [0.25, 0.3) is 0 Å². The Labute approximate surface area is 93.9 Å². The molecule has 0 saturated carbocycles.